The van der Waals surface area contributed by atoms with Gasteiger partial charge < -0.3 is 10.6 Å². The second-order valence-corrected chi connectivity index (χ2v) is 5.08. The summed E-state index contributed by atoms with van der Waals surface area (Å²) >= 11 is 0. The first-order chi connectivity index (χ1) is 10.1. The zero-order chi connectivity index (χ0) is 15.2. The molecule has 1 aromatic rings. The molecule has 114 valence electrons. The van der Waals surface area contributed by atoms with Gasteiger partial charge in [0.2, 0.25) is 0 Å². The van der Waals surface area contributed by atoms with Crippen LogP contribution in [-0.4, -0.2) is 6.03 Å². The third-order valence-electron chi connectivity index (χ3n) is 3.52. The van der Waals surface area contributed by atoms with Crippen molar-refractivity contribution in [2.45, 2.75) is 32.1 Å². The van der Waals surface area contributed by atoms with Gasteiger partial charge in [0.05, 0.1) is 5.69 Å². The van der Waals surface area contributed by atoms with Crippen molar-refractivity contribution >= 4 is 11.7 Å². The van der Waals surface area contributed by atoms with E-state index in [9.17, 15) is 18.0 Å². The highest BCUT2D eigenvalue weighted by Gasteiger charge is 2.15. The van der Waals surface area contributed by atoms with Gasteiger partial charge in [-0.15, -0.1) is 0 Å². The smallest absolute Gasteiger partial charge is 0.315 e. The van der Waals surface area contributed by atoms with Crippen molar-refractivity contribution in [1.29, 1.82) is 0 Å². The van der Waals surface area contributed by atoms with E-state index in [0.717, 1.165) is 25.0 Å². The number of carbonyl (C=O) groups excluding carboxylic acids is 1. The first kappa shape index (κ1) is 15.4. The third kappa shape index (κ3) is 4.24. The maximum Gasteiger partial charge on any atom is 0.323 e. The summed E-state index contributed by atoms with van der Waals surface area (Å²) in [5.74, 6) is -3.87. The van der Waals surface area contributed by atoms with Crippen LogP contribution < -0.4 is 10.6 Å². The lowest BCUT2D eigenvalue weighted by atomic mass is 9.89. The molecule has 3 nitrogen and oxygen atoms in total. The molecule has 1 aliphatic carbocycles. The summed E-state index contributed by atoms with van der Waals surface area (Å²) in [6.45, 7) is 0. The van der Waals surface area contributed by atoms with Crippen molar-refractivity contribution in [2.24, 2.45) is 5.92 Å². The second kappa shape index (κ2) is 7.15. The average Bonchev–Trinajstić information content (AvgIpc) is 2.49. The van der Waals surface area contributed by atoms with Crippen LogP contribution in [0.5, 0.6) is 0 Å². The van der Waals surface area contributed by atoms with Gasteiger partial charge in [0.15, 0.2) is 17.5 Å². The summed E-state index contributed by atoms with van der Waals surface area (Å²) in [7, 11) is 0. The highest BCUT2D eigenvalue weighted by atomic mass is 19.2. The van der Waals surface area contributed by atoms with Gasteiger partial charge in [0.1, 0.15) is 0 Å². The minimum absolute atomic E-state index is 0.405. The number of anilines is 1. The fourth-order valence-corrected chi connectivity index (χ4v) is 2.37. The van der Waals surface area contributed by atoms with Crippen LogP contribution in [0.25, 0.3) is 0 Å². The van der Waals surface area contributed by atoms with Crippen LogP contribution in [0.4, 0.5) is 23.7 Å². The Morgan fingerprint density at radius 1 is 1.10 bits per heavy atom. The molecule has 21 heavy (non-hydrogen) atoms. The molecule has 0 radical (unpaired) electrons. The quantitative estimate of drug-likeness (QED) is 0.802. The molecule has 2 N–H and O–H groups in total. The van der Waals surface area contributed by atoms with E-state index in [1.807, 2.05) is 6.08 Å². The number of benzene rings is 1. The molecule has 0 spiro atoms. The fraction of sp³-hybridized carbons (Fsp3) is 0.400. The lowest BCUT2D eigenvalue weighted by Gasteiger charge is -2.17. The van der Waals surface area contributed by atoms with Crippen molar-refractivity contribution in [3.05, 3.63) is 41.9 Å². The predicted octanol–water partition coefficient (Wildman–Crippen LogP) is 4.32. The molecule has 2 amide bonds. The van der Waals surface area contributed by atoms with E-state index >= 15 is 0 Å². The van der Waals surface area contributed by atoms with Gasteiger partial charge in [-0.1, -0.05) is 25.3 Å². The Kier molecular flexibility index (Phi) is 5.25. The van der Waals surface area contributed by atoms with Gasteiger partial charge in [-0.05, 0) is 30.9 Å². The van der Waals surface area contributed by atoms with Crippen LogP contribution in [0.1, 0.15) is 32.1 Å². The van der Waals surface area contributed by atoms with Crippen LogP contribution >= 0.6 is 0 Å². The van der Waals surface area contributed by atoms with Crippen LogP contribution in [0, 0.1) is 23.4 Å². The largest absolute Gasteiger partial charge is 0.323 e. The number of rotatable bonds is 3. The van der Waals surface area contributed by atoms with E-state index in [1.165, 1.54) is 25.5 Å². The Morgan fingerprint density at radius 3 is 2.52 bits per heavy atom. The van der Waals surface area contributed by atoms with Gasteiger partial charge in [-0.3, -0.25) is 0 Å². The maximum atomic E-state index is 13.4. The van der Waals surface area contributed by atoms with Gasteiger partial charge in [-0.25, -0.2) is 18.0 Å². The monoisotopic (exact) mass is 298 g/mol. The van der Waals surface area contributed by atoms with E-state index in [-0.39, 0.29) is 0 Å². The molecular weight excluding hydrogens is 281 g/mol. The highest BCUT2D eigenvalue weighted by molar-refractivity contribution is 5.89. The van der Waals surface area contributed by atoms with Crippen molar-refractivity contribution in [1.82, 2.24) is 5.32 Å². The fourth-order valence-electron chi connectivity index (χ4n) is 2.37. The number of urea groups is 1. The number of allylic oxidation sites excluding steroid dienone is 1. The summed E-state index contributed by atoms with van der Waals surface area (Å²) in [5, 5.41) is 4.56. The lowest BCUT2D eigenvalue weighted by Crippen LogP contribution is -2.25. The zero-order valence-corrected chi connectivity index (χ0v) is 11.5. The van der Waals surface area contributed by atoms with Gasteiger partial charge >= 0.3 is 6.03 Å². The third-order valence-corrected chi connectivity index (χ3v) is 3.52. The van der Waals surface area contributed by atoms with E-state index in [4.69, 9.17) is 0 Å². The minimum atomic E-state index is -1.61. The van der Waals surface area contributed by atoms with Gasteiger partial charge in [-0.2, -0.15) is 0 Å². The van der Waals surface area contributed by atoms with E-state index in [2.05, 4.69) is 10.6 Å². The Morgan fingerprint density at radius 2 is 1.81 bits per heavy atom. The van der Waals surface area contributed by atoms with E-state index in [0.29, 0.717) is 5.92 Å². The molecule has 0 heterocycles. The normalized spacial score (nSPS) is 16.1. The Labute approximate surface area is 121 Å². The number of carbonyl (C=O) groups is 1. The Hall–Kier alpha value is -1.98. The number of nitrogens with one attached hydrogen (secondary N) is 2. The molecule has 1 fully saturated rings. The number of halogens is 3. The SMILES string of the molecule is O=C(N/C=C/C1CCCCC1)Nc1ccc(F)c(F)c1F. The van der Waals surface area contributed by atoms with E-state index < -0.39 is 29.2 Å². The van der Waals surface area contributed by atoms with Crippen LogP contribution in [0.15, 0.2) is 24.4 Å². The van der Waals surface area contributed by atoms with Crippen molar-refractivity contribution in [3.63, 3.8) is 0 Å². The first-order valence-corrected chi connectivity index (χ1v) is 6.95. The summed E-state index contributed by atoms with van der Waals surface area (Å²) in [6.07, 6.45) is 9.20. The standard InChI is InChI=1S/C15H17F3N2O/c16-11-6-7-12(14(18)13(11)17)20-15(21)19-9-8-10-4-2-1-3-5-10/h6-10H,1-5H2,(H2,19,20,21)/b9-8+. The van der Waals surface area contributed by atoms with Crippen molar-refractivity contribution in [3.8, 4) is 0 Å². The number of amides is 2. The van der Waals surface area contributed by atoms with Crippen LogP contribution in [0.2, 0.25) is 0 Å². The van der Waals surface area contributed by atoms with Crippen LogP contribution in [-0.2, 0) is 0 Å². The number of hydrogen-bond donors (Lipinski definition) is 2. The molecule has 6 heteroatoms. The second-order valence-electron chi connectivity index (χ2n) is 5.08. The van der Waals surface area contributed by atoms with Crippen molar-refractivity contribution < 1.29 is 18.0 Å². The van der Waals surface area contributed by atoms with Gasteiger partial charge in [0.25, 0.3) is 0 Å². The molecule has 2 rings (SSSR count). The summed E-state index contributed by atoms with van der Waals surface area (Å²) in [6, 6.07) is 1.02. The molecule has 1 saturated carbocycles. The zero-order valence-electron chi connectivity index (χ0n) is 11.5. The molecule has 1 aliphatic rings. The molecular formula is C15H17F3N2O. The maximum absolute atomic E-state index is 13.4. The number of hydrogen-bond acceptors (Lipinski definition) is 1. The summed E-state index contributed by atoms with van der Waals surface area (Å²) in [4.78, 5) is 11.5. The highest BCUT2D eigenvalue weighted by Crippen LogP contribution is 2.24. The molecule has 0 unspecified atom stereocenters. The molecule has 0 bridgehead atoms. The van der Waals surface area contributed by atoms with E-state index in [1.54, 1.807) is 0 Å². The molecule has 0 aromatic heterocycles. The Bertz CT molecular complexity index is 540. The summed E-state index contributed by atoms with van der Waals surface area (Å²) in [5.41, 5.74) is -0.405. The Balaban J connectivity index is 1.87. The molecule has 0 atom stereocenters. The topological polar surface area (TPSA) is 41.1 Å². The van der Waals surface area contributed by atoms with Crippen LogP contribution in [0.3, 0.4) is 0 Å². The minimum Gasteiger partial charge on any atom is -0.315 e. The lowest BCUT2D eigenvalue weighted by molar-refractivity contribution is 0.255. The average molecular weight is 298 g/mol. The van der Waals surface area contributed by atoms with Crippen molar-refractivity contribution in [2.75, 3.05) is 5.32 Å². The summed E-state index contributed by atoms with van der Waals surface area (Å²) < 4.78 is 39.1. The predicted molar refractivity (Wildman–Crippen MR) is 74.2 cm³/mol. The molecule has 1 aromatic carbocycles. The van der Waals surface area contributed by atoms with Gasteiger partial charge in [0, 0.05) is 6.20 Å². The first-order valence-electron chi connectivity index (χ1n) is 6.95. The molecule has 0 aliphatic heterocycles. The molecule has 0 saturated heterocycles.